The monoisotopic (exact) mass is 801 g/mol. The van der Waals surface area contributed by atoms with Gasteiger partial charge in [-0.05, 0) is 62.3 Å². The fraction of sp³-hybridized carbons (Fsp3) is 0.364. The van der Waals surface area contributed by atoms with Gasteiger partial charge < -0.3 is 33.3 Å². The highest BCUT2D eigenvalue weighted by atomic mass is 31.2. The largest absolute Gasteiger partial charge is 0.461 e. The Morgan fingerprint density at radius 3 is 1.54 bits per heavy atom. The molecule has 4 aromatic carbocycles. The maximum Gasteiger partial charge on any atom is 0.408 e. The van der Waals surface area contributed by atoms with Gasteiger partial charge in [0.15, 0.2) is 0 Å². The van der Waals surface area contributed by atoms with Crippen LogP contribution in [-0.4, -0.2) is 48.4 Å². The quantitative estimate of drug-likeness (QED) is 0.0352. The first-order valence-corrected chi connectivity index (χ1v) is 20.6. The molecule has 0 heterocycles. The summed E-state index contributed by atoms with van der Waals surface area (Å²) in [4.78, 5) is 52.3. The molecule has 0 aliphatic carbocycles. The molecule has 0 spiro atoms. The highest BCUT2D eigenvalue weighted by molar-refractivity contribution is 7.53. The molecule has 3 atom stereocenters. The van der Waals surface area contributed by atoms with Crippen LogP contribution in [0, 0.1) is 5.92 Å². The second kappa shape index (κ2) is 23.1. The van der Waals surface area contributed by atoms with Crippen LogP contribution in [-0.2, 0) is 73.4 Å². The van der Waals surface area contributed by atoms with E-state index in [1.54, 1.807) is 32.9 Å². The smallest absolute Gasteiger partial charge is 0.408 e. The molecule has 4 aromatic rings. The van der Waals surface area contributed by atoms with Gasteiger partial charge in [0, 0.05) is 6.42 Å². The van der Waals surface area contributed by atoms with E-state index in [1.165, 1.54) is 0 Å². The van der Waals surface area contributed by atoms with Gasteiger partial charge in [-0.25, -0.2) is 9.59 Å². The molecule has 12 nitrogen and oxygen atoms in total. The summed E-state index contributed by atoms with van der Waals surface area (Å²) in [5, 5.41) is 2.58. The van der Waals surface area contributed by atoms with Crippen molar-refractivity contribution in [2.45, 2.75) is 84.5 Å². The molecule has 57 heavy (non-hydrogen) atoms. The number of carbonyl (C=O) groups excluding carboxylic acids is 4. The molecule has 1 unspecified atom stereocenters. The Hall–Kier alpha value is -5.29. The van der Waals surface area contributed by atoms with Crippen LogP contribution in [0.4, 0.5) is 4.79 Å². The van der Waals surface area contributed by atoms with Gasteiger partial charge in [0.05, 0.1) is 25.3 Å². The number of ether oxygens (including phenoxy) is 4. The van der Waals surface area contributed by atoms with Crippen molar-refractivity contribution in [3.63, 3.8) is 0 Å². The van der Waals surface area contributed by atoms with Crippen LogP contribution in [0.1, 0.15) is 68.7 Å². The minimum absolute atomic E-state index is 0.00718. The van der Waals surface area contributed by atoms with Crippen molar-refractivity contribution in [1.29, 1.82) is 0 Å². The molecule has 0 bridgehead atoms. The normalized spacial score (nSPS) is 13.3. The zero-order valence-corrected chi connectivity index (χ0v) is 33.6. The van der Waals surface area contributed by atoms with Crippen molar-refractivity contribution in [2.24, 2.45) is 5.92 Å². The van der Waals surface area contributed by atoms with Crippen molar-refractivity contribution in [2.75, 3.05) is 12.8 Å². The average Bonchev–Trinajstić information content (AvgIpc) is 3.21. The lowest BCUT2D eigenvalue weighted by Gasteiger charge is -2.24. The number of amides is 1. The topological polar surface area (TPSA) is 153 Å². The van der Waals surface area contributed by atoms with E-state index in [2.05, 4.69) is 5.32 Å². The molecule has 1 amide bonds. The Morgan fingerprint density at radius 2 is 1.05 bits per heavy atom. The highest BCUT2D eigenvalue weighted by Crippen LogP contribution is 2.51. The minimum Gasteiger partial charge on any atom is -0.461 e. The molecule has 0 aromatic heterocycles. The lowest BCUT2D eigenvalue weighted by molar-refractivity contribution is -0.151. The Balaban J connectivity index is 1.46. The molecule has 0 aliphatic heterocycles. The minimum atomic E-state index is -4.09. The van der Waals surface area contributed by atoms with E-state index in [4.69, 9.17) is 28.0 Å². The maximum absolute atomic E-state index is 14.6. The molecular weight excluding hydrogens is 749 g/mol. The molecule has 4 rings (SSSR count). The summed E-state index contributed by atoms with van der Waals surface area (Å²) in [5.74, 6) is -2.96. The van der Waals surface area contributed by atoms with E-state index in [1.807, 2.05) is 109 Å². The molecule has 0 saturated carbocycles. The number of carbonyl (C=O) groups is 4. The van der Waals surface area contributed by atoms with E-state index >= 15 is 0 Å². The first-order valence-electron chi connectivity index (χ1n) is 18.9. The van der Waals surface area contributed by atoms with Crippen LogP contribution in [0.3, 0.4) is 0 Å². The SMILES string of the molecule is CC(C)(C)OC(=O)N[C@H](CCCO[P@](=O)(CC(CCC(=O)OCc1ccccc1)C(=O)OCc1ccccc1)OCc1ccccc1)C(=O)OCc1ccccc1. The first-order chi connectivity index (χ1) is 27.4. The number of hydrogen-bond donors (Lipinski definition) is 1. The lowest BCUT2D eigenvalue weighted by Crippen LogP contribution is -2.44. The van der Waals surface area contributed by atoms with Gasteiger partial charge in [-0.15, -0.1) is 0 Å². The van der Waals surface area contributed by atoms with Crippen LogP contribution in [0.5, 0.6) is 0 Å². The van der Waals surface area contributed by atoms with Gasteiger partial charge >= 0.3 is 31.6 Å². The first kappa shape index (κ1) is 44.4. The number of hydrogen-bond acceptors (Lipinski definition) is 11. The number of esters is 3. The summed E-state index contributed by atoms with van der Waals surface area (Å²) in [6.45, 7) is 4.88. The van der Waals surface area contributed by atoms with E-state index in [-0.39, 0.29) is 58.7 Å². The van der Waals surface area contributed by atoms with E-state index < -0.39 is 55.3 Å². The maximum atomic E-state index is 14.6. The number of alkyl carbamates (subject to hydrolysis) is 1. The van der Waals surface area contributed by atoms with Crippen LogP contribution < -0.4 is 5.32 Å². The molecule has 0 fully saturated rings. The van der Waals surface area contributed by atoms with Crippen molar-refractivity contribution in [3.8, 4) is 0 Å². The summed E-state index contributed by atoms with van der Waals surface area (Å²) >= 11 is 0. The fourth-order valence-corrected chi connectivity index (χ4v) is 7.32. The summed E-state index contributed by atoms with van der Waals surface area (Å²) in [7, 11) is -4.09. The molecule has 0 aliphatic rings. The Labute approximate surface area is 334 Å². The van der Waals surface area contributed by atoms with Crippen molar-refractivity contribution in [1.82, 2.24) is 5.32 Å². The van der Waals surface area contributed by atoms with Gasteiger partial charge in [0.25, 0.3) is 0 Å². The molecule has 0 radical (unpaired) electrons. The molecule has 304 valence electrons. The summed E-state index contributed by atoms with van der Waals surface area (Å²) in [6, 6.07) is 35.3. The highest BCUT2D eigenvalue weighted by Gasteiger charge is 2.35. The van der Waals surface area contributed by atoms with Gasteiger partial charge in [-0.1, -0.05) is 121 Å². The summed E-state index contributed by atoms with van der Waals surface area (Å²) in [5.41, 5.74) is 2.24. The standard InChI is InChI=1S/C44H52NO11P/c1-44(2,3)56-43(49)45-39(42(48)53-31-36-21-12-6-13-22-36)25-16-28-54-57(50,55-32-37-23-14-7-15-24-37)33-38(41(47)52-30-35-19-10-5-11-20-35)26-27-40(46)51-29-34-17-8-4-9-18-34/h4-15,17-24,38-39H,16,25-33H2,1-3H3,(H,45,49)/t38?,39-,57-/m1/s1. The Morgan fingerprint density at radius 1 is 0.596 bits per heavy atom. The van der Waals surface area contributed by atoms with Crippen LogP contribution >= 0.6 is 7.60 Å². The van der Waals surface area contributed by atoms with Crippen molar-refractivity contribution >= 4 is 31.6 Å². The number of benzene rings is 4. The van der Waals surface area contributed by atoms with Crippen LogP contribution in [0.25, 0.3) is 0 Å². The summed E-state index contributed by atoms with van der Waals surface area (Å²) in [6.07, 6.45) is -1.22. The van der Waals surface area contributed by atoms with E-state index in [0.29, 0.717) is 0 Å². The van der Waals surface area contributed by atoms with E-state index in [9.17, 15) is 23.7 Å². The third-order valence-electron chi connectivity index (χ3n) is 8.34. The molecular formula is C44H52NO11P. The van der Waals surface area contributed by atoms with Crippen LogP contribution in [0.15, 0.2) is 121 Å². The lowest BCUT2D eigenvalue weighted by atomic mass is 10.1. The van der Waals surface area contributed by atoms with Gasteiger partial charge in [-0.3, -0.25) is 14.2 Å². The number of nitrogens with one attached hydrogen (secondary N) is 1. The summed E-state index contributed by atoms with van der Waals surface area (Å²) < 4.78 is 48.5. The fourth-order valence-electron chi connectivity index (χ4n) is 5.41. The molecule has 13 heteroatoms. The Bertz CT molecular complexity index is 1870. The second-order valence-electron chi connectivity index (χ2n) is 14.3. The van der Waals surface area contributed by atoms with E-state index in [0.717, 1.165) is 22.3 Å². The van der Waals surface area contributed by atoms with Crippen molar-refractivity contribution in [3.05, 3.63) is 144 Å². The zero-order valence-electron chi connectivity index (χ0n) is 32.7. The third kappa shape index (κ3) is 17.6. The average molecular weight is 802 g/mol. The predicted octanol–water partition coefficient (Wildman–Crippen LogP) is 8.71. The van der Waals surface area contributed by atoms with Gasteiger partial charge in [0.2, 0.25) is 0 Å². The number of rotatable bonds is 22. The van der Waals surface area contributed by atoms with Gasteiger partial charge in [-0.2, -0.15) is 0 Å². The molecule has 0 saturated heterocycles. The second-order valence-corrected chi connectivity index (χ2v) is 16.4. The predicted molar refractivity (Wildman–Crippen MR) is 213 cm³/mol. The van der Waals surface area contributed by atoms with Crippen LogP contribution in [0.2, 0.25) is 0 Å². The molecule has 1 N–H and O–H groups in total. The van der Waals surface area contributed by atoms with Gasteiger partial charge in [0.1, 0.15) is 31.5 Å². The Kier molecular flexibility index (Phi) is 18.0. The van der Waals surface area contributed by atoms with Crippen molar-refractivity contribution < 1.29 is 51.7 Å². The third-order valence-corrected chi connectivity index (χ3v) is 10.3. The zero-order chi connectivity index (χ0) is 40.9.